The van der Waals surface area contributed by atoms with Crippen molar-refractivity contribution in [1.29, 1.82) is 0 Å². The average molecular weight is 318 g/mol. The van der Waals surface area contributed by atoms with Gasteiger partial charge in [0.2, 0.25) is 0 Å². The quantitative estimate of drug-likeness (QED) is 0.636. The van der Waals surface area contributed by atoms with Gasteiger partial charge in [-0.3, -0.25) is 9.05 Å². The van der Waals surface area contributed by atoms with E-state index < -0.39 is 19.0 Å². The van der Waals surface area contributed by atoms with Crippen molar-refractivity contribution in [2.24, 2.45) is 11.8 Å². The van der Waals surface area contributed by atoms with E-state index >= 15 is 0 Å². The first-order valence-corrected chi connectivity index (χ1v) is 10.0. The zero-order valence-electron chi connectivity index (χ0n) is 13.9. The van der Waals surface area contributed by atoms with Gasteiger partial charge in [-0.2, -0.15) is 0 Å². The molecule has 4 atom stereocenters. The van der Waals surface area contributed by atoms with Crippen molar-refractivity contribution in [2.75, 3.05) is 0 Å². The van der Waals surface area contributed by atoms with Gasteiger partial charge in [-0.25, -0.2) is 4.57 Å². The minimum absolute atomic E-state index is 0.336. The lowest BCUT2D eigenvalue weighted by Gasteiger charge is -2.51. The van der Waals surface area contributed by atoms with Crippen LogP contribution in [-0.4, -0.2) is 16.1 Å². The maximum atomic E-state index is 12.6. The van der Waals surface area contributed by atoms with Crippen molar-refractivity contribution < 1.29 is 18.5 Å². The topological polar surface area (TPSA) is 55.8 Å². The Morgan fingerprint density at radius 2 is 1.38 bits per heavy atom. The van der Waals surface area contributed by atoms with Crippen molar-refractivity contribution in [2.45, 2.75) is 90.3 Å². The minimum Gasteiger partial charge on any atom is -0.302 e. The fourth-order valence-corrected chi connectivity index (χ4v) is 5.62. The summed E-state index contributed by atoms with van der Waals surface area (Å²) in [7, 11) is -4.00. The molecule has 1 N–H and O–H groups in total. The van der Waals surface area contributed by atoms with Crippen molar-refractivity contribution in [3.8, 4) is 0 Å². The standard InChI is InChI=1S/C16H31O4P/c1-5-9-15(11-7-13(15)3)19-21(17,18)20-16(10-6-2)12-8-14(16)4/h13-14H,5-12H2,1-4H3,(H,17,18). The summed E-state index contributed by atoms with van der Waals surface area (Å²) < 4.78 is 24.0. The van der Waals surface area contributed by atoms with Crippen LogP contribution in [0.15, 0.2) is 0 Å². The largest absolute Gasteiger partial charge is 0.473 e. The molecule has 0 aromatic heterocycles. The van der Waals surface area contributed by atoms with E-state index in [0.717, 1.165) is 51.4 Å². The third-order valence-corrected chi connectivity index (χ3v) is 6.93. The molecular weight excluding hydrogens is 287 g/mol. The summed E-state index contributed by atoms with van der Waals surface area (Å²) in [6, 6.07) is 0. The first-order chi connectivity index (χ1) is 9.79. The molecule has 2 aliphatic carbocycles. The molecule has 0 bridgehead atoms. The number of rotatable bonds is 8. The molecule has 4 unspecified atom stereocenters. The van der Waals surface area contributed by atoms with Gasteiger partial charge in [-0.1, -0.05) is 40.5 Å². The molecule has 0 saturated heterocycles. The first kappa shape index (κ1) is 17.5. The summed E-state index contributed by atoms with van der Waals surface area (Å²) in [4.78, 5) is 10.3. The first-order valence-electron chi connectivity index (χ1n) is 8.53. The van der Waals surface area contributed by atoms with Gasteiger partial charge in [-0.15, -0.1) is 0 Å². The van der Waals surface area contributed by atoms with Crippen LogP contribution < -0.4 is 0 Å². The molecule has 0 spiro atoms. The van der Waals surface area contributed by atoms with Crippen LogP contribution >= 0.6 is 7.82 Å². The number of hydrogen-bond donors (Lipinski definition) is 1. The lowest BCUT2D eigenvalue weighted by molar-refractivity contribution is -0.130. The highest BCUT2D eigenvalue weighted by Crippen LogP contribution is 2.62. The van der Waals surface area contributed by atoms with Gasteiger partial charge < -0.3 is 4.89 Å². The van der Waals surface area contributed by atoms with Gasteiger partial charge in [0.05, 0.1) is 11.2 Å². The zero-order valence-corrected chi connectivity index (χ0v) is 14.8. The fraction of sp³-hybridized carbons (Fsp3) is 1.00. The molecule has 0 aromatic carbocycles. The monoisotopic (exact) mass is 318 g/mol. The number of hydrogen-bond acceptors (Lipinski definition) is 3. The van der Waals surface area contributed by atoms with Crippen LogP contribution in [0.5, 0.6) is 0 Å². The maximum absolute atomic E-state index is 12.6. The second kappa shape index (κ2) is 6.31. The Morgan fingerprint density at radius 3 is 1.57 bits per heavy atom. The summed E-state index contributed by atoms with van der Waals surface area (Å²) in [6.45, 7) is 8.39. The zero-order chi connectivity index (χ0) is 15.7. The van der Waals surface area contributed by atoms with Gasteiger partial charge >= 0.3 is 7.82 Å². The molecule has 0 heterocycles. The summed E-state index contributed by atoms with van der Waals surface area (Å²) in [5.41, 5.74) is -0.890. The molecular formula is C16H31O4P. The highest BCUT2D eigenvalue weighted by Gasteiger charge is 2.54. The third kappa shape index (κ3) is 3.39. The molecule has 21 heavy (non-hydrogen) atoms. The summed E-state index contributed by atoms with van der Waals surface area (Å²) >= 11 is 0. The van der Waals surface area contributed by atoms with E-state index in [-0.39, 0.29) is 0 Å². The van der Waals surface area contributed by atoms with Gasteiger partial charge in [0.25, 0.3) is 0 Å². The fourth-order valence-electron chi connectivity index (χ4n) is 3.94. The molecule has 4 nitrogen and oxygen atoms in total. The molecule has 0 amide bonds. The Hall–Kier alpha value is 0.110. The average Bonchev–Trinajstić information content (AvgIpc) is 2.42. The normalized spacial score (nSPS) is 42.0. The highest BCUT2D eigenvalue weighted by atomic mass is 31.2. The van der Waals surface area contributed by atoms with Crippen molar-refractivity contribution >= 4 is 7.82 Å². The van der Waals surface area contributed by atoms with Crippen LogP contribution in [0, 0.1) is 11.8 Å². The number of phosphoric ester groups is 1. The summed E-state index contributed by atoms with van der Waals surface area (Å²) in [5, 5.41) is 0. The van der Waals surface area contributed by atoms with Crippen LogP contribution in [-0.2, 0) is 13.6 Å². The van der Waals surface area contributed by atoms with Crippen LogP contribution in [0.2, 0.25) is 0 Å². The van der Waals surface area contributed by atoms with Crippen molar-refractivity contribution in [1.82, 2.24) is 0 Å². The lowest BCUT2D eigenvalue weighted by Crippen LogP contribution is -2.50. The van der Waals surface area contributed by atoms with E-state index in [2.05, 4.69) is 27.7 Å². The Bertz CT molecular complexity index is 379. The van der Waals surface area contributed by atoms with E-state index in [0.29, 0.717) is 11.8 Å². The summed E-state index contributed by atoms with van der Waals surface area (Å²) in [6.07, 6.45) is 7.45. The van der Waals surface area contributed by atoms with E-state index in [1.807, 2.05) is 0 Å². The van der Waals surface area contributed by atoms with Gasteiger partial charge in [0.15, 0.2) is 0 Å². The predicted octanol–water partition coefficient (Wildman–Crippen LogP) is 5.06. The molecule has 5 heteroatoms. The second-order valence-corrected chi connectivity index (χ2v) is 8.46. The van der Waals surface area contributed by atoms with Crippen LogP contribution in [0.4, 0.5) is 0 Å². The molecule has 0 aliphatic heterocycles. The molecule has 2 rings (SSSR count). The Balaban J connectivity index is 2.05. The van der Waals surface area contributed by atoms with Crippen LogP contribution in [0.3, 0.4) is 0 Å². The molecule has 124 valence electrons. The van der Waals surface area contributed by atoms with Gasteiger partial charge in [0.1, 0.15) is 0 Å². The SMILES string of the molecule is CCCC1(OP(=O)(O)OC2(CCC)CCC2C)CCC1C. The predicted molar refractivity (Wildman–Crippen MR) is 84.1 cm³/mol. The third-order valence-electron chi connectivity index (χ3n) is 5.74. The van der Waals surface area contributed by atoms with Crippen LogP contribution in [0.1, 0.15) is 79.1 Å². The van der Waals surface area contributed by atoms with E-state index in [1.54, 1.807) is 0 Å². The molecule has 2 saturated carbocycles. The van der Waals surface area contributed by atoms with Crippen molar-refractivity contribution in [3.63, 3.8) is 0 Å². The van der Waals surface area contributed by atoms with Gasteiger partial charge in [0, 0.05) is 0 Å². The number of phosphoric acid groups is 1. The summed E-state index contributed by atoms with van der Waals surface area (Å²) in [5.74, 6) is 0.671. The Kier molecular flexibility index (Phi) is 5.25. The van der Waals surface area contributed by atoms with E-state index in [4.69, 9.17) is 9.05 Å². The molecule has 0 radical (unpaired) electrons. The maximum Gasteiger partial charge on any atom is 0.473 e. The Labute approximate surface area is 129 Å². The van der Waals surface area contributed by atoms with Gasteiger partial charge in [-0.05, 0) is 50.4 Å². The Morgan fingerprint density at radius 1 is 1.00 bits per heavy atom. The molecule has 2 fully saturated rings. The second-order valence-electron chi connectivity index (χ2n) is 7.16. The highest BCUT2D eigenvalue weighted by molar-refractivity contribution is 7.47. The van der Waals surface area contributed by atoms with E-state index in [1.165, 1.54) is 0 Å². The van der Waals surface area contributed by atoms with Crippen molar-refractivity contribution in [3.05, 3.63) is 0 Å². The lowest BCUT2D eigenvalue weighted by atomic mass is 9.68. The smallest absolute Gasteiger partial charge is 0.302 e. The van der Waals surface area contributed by atoms with Crippen LogP contribution in [0.25, 0.3) is 0 Å². The minimum atomic E-state index is -4.00. The molecule has 2 aliphatic rings. The van der Waals surface area contributed by atoms with E-state index in [9.17, 15) is 9.46 Å². The molecule has 0 aromatic rings.